The number of para-hydroxylation sites is 1. The largest absolute Gasteiger partial charge is 0.478 e. The number of nitrogens with zero attached hydrogens (tertiary/aromatic N) is 4. The molecule has 1 atom stereocenters. The highest BCUT2D eigenvalue weighted by Gasteiger charge is 2.38. The van der Waals surface area contributed by atoms with Gasteiger partial charge in [-0.25, -0.2) is 14.8 Å². The topological polar surface area (TPSA) is 80.5 Å². The second kappa shape index (κ2) is 8.25. The van der Waals surface area contributed by atoms with Crippen molar-refractivity contribution in [1.29, 1.82) is 0 Å². The minimum atomic E-state index is -0.937. The molecule has 27 heavy (non-hydrogen) atoms. The molecule has 3 aliphatic rings. The van der Waals surface area contributed by atoms with Gasteiger partial charge in [-0.3, -0.25) is 5.32 Å². The molecule has 0 aromatic heterocycles. The number of carboxylic acids is 1. The van der Waals surface area contributed by atoms with Crippen LogP contribution in [0.1, 0.15) is 74.6 Å². The van der Waals surface area contributed by atoms with Gasteiger partial charge >= 0.3 is 5.97 Å². The summed E-state index contributed by atoms with van der Waals surface area (Å²) in [5.41, 5.74) is 0.859. The van der Waals surface area contributed by atoms with Gasteiger partial charge in [0.05, 0.1) is 17.3 Å². The molecule has 0 spiro atoms. The molecule has 0 amide bonds. The quantitative estimate of drug-likeness (QED) is 0.805. The van der Waals surface area contributed by atoms with Crippen LogP contribution in [0.15, 0.2) is 34.7 Å². The number of hydrogen-bond donors (Lipinski definition) is 2. The summed E-state index contributed by atoms with van der Waals surface area (Å²) in [7, 11) is 0. The van der Waals surface area contributed by atoms with E-state index in [1.807, 2.05) is 12.1 Å². The molecule has 0 bridgehead atoms. The van der Waals surface area contributed by atoms with Crippen LogP contribution in [0.2, 0.25) is 0 Å². The molecule has 1 aromatic carbocycles. The highest BCUT2D eigenvalue weighted by atomic mass is 16.4. The third kappa shape index (κ3) is 3.93. The highest BCUT2D eigenvalue weighted by molar-refractivity contribution is 5.94. The number of carbonyl (C=O) groups is 1. The van der Waals surface area contributed by atoms with Gasteiger partial charge in [-0.05, 0) is 48.3 Å². The van der Waals surface area contributed by atoms with Crippen LogP contribution in [0.4, 0.5) is 5.69 Å². The maximum absolute atomic E-state index is 11.7. The van der Waals surface area contributed by atoms with Gasteiger partial charge in [0.25, 0.3) is 0 Å². The SMILES string of the molecule is O=C(O)c1ccccc1N1N=NN(C2CCCCC2)C1NC1CCCCC1. The van der Waals surface area contributed by atoms with E-state index < -0.39 is 5.97 Å². The third-order valence-corrected chi connectivity index (χ3v) is 6.04. The Balaban J connectivity index is 1.61. The first-order chi connectivity index (χ1) is 13.2. The summed E-state index contributed by atoms with van der Waals surface area (Å²) in [5.74, 6) is -0.937. The van der Waals surface area contributed by atoms with E-state index in [2.05, 4.69) is 20.8 Å². The summed E-state index contributed by atoms with van der Waals surface area (Å²) in [6.45, 7) is 0. The lowest BCUT2D eigenvalue weighted by atomic mass is 9.94. The van der Waals surface area contributed by atoms with Gasteiger partial charge in [-0.1, -0.05) is 50.7 Å². The lowest BCUT2D eigenvalue weighted by Gasteiger charge is -2.38. The zero-order chi connectivity index (χ0) is 18.6. The lowest BCUT2D eigenvalue weighted by molar-refractivity contribution is 0.0696. The van der Waals surface area contributed by atoms with E-state index in [1.54, 1.807) is 17.1 Å². The second-order valence-electron chi connectivity index (χ2n) is 7.89. The monoisotopic (exact) mass is 371 g/mol. The lowest BCUT2D eigenvalue weighted by Crippen LogP contribution is -2.56. The number of carboxylic acid groups (broad SMARTS) is 1. The molecule has 2 aliphatic carbocycles. The Hall–Kier alpha value is -2.15. The average Bonchev–Trinajstić information content (AvgIpc) is 3.12. The van der Waals surface area contributed by atoms with Crippen molar-refractivity contribution in [2.24, 2.45) is 10.4 Å². The van der Waals surface area contributed by atoms with Crippen molar-refractivity contribution in [3.8, 4) is 0 Å². The molecule has 1 aliphatic heterocycles. The summed E-state index contributed by atoms with van der Waals surface area (Å²) in [4.78, 5) is 11.7. The first-order valence-electron chi connectivity index (χ1n) is 10.3. The molecular formula is C20H29N5O2. The van der Waals surface area contributed by atoms with Crippen molar-refractivity contribution < 1.29 is 9.90 Å². The van der Waals surface area contributed by atoms with E-state index in [0.717, 1.165) is 25.7 Å². The van der Waals surface area contributed by atoms with Crippen LogP contribution in [0.25, 0.3) is 0 Å². The van der Waals surface area contributed by atoms with Crippen LogP contribution < -0.4 is 10.3 Å². The van der Waals surface area contributed by atoms with Gasteiger partial charge in [0.1, 0.15) is 0 Å². The van der Waals surface area contributed by atoms with Crippen molar-refractivity contribution in [2.45, 2.75) is 82.6 Å². The van der Waals surface area contributed by atoms with E-state index in [9.17, 15) is 9.90 Å². The molecule has 2 N–H and O–H groups in total. The van der Waals surface area contributed by atoms with Crippen LogP contribution in [0.3, 0.4) is 0 Å². The Morgan fingerprint density at radius 3 is 2.33 bits per heavy atom. The minimum Gasteiger partial charge on any atom is -0.478 e. The van der Waals surface area contributed by atoms with Crippen LogP contribution in [-0.4, -0.2) is 34.5 Å². The normalized spacial score (nSPS) is 24.5. The molecule has 1 heterocycles. The maximum atomic E-state index is 11.7. The fourth-order valence-corrected chi connectivity index (χ4v) is 4.58. The first kappa shape index (κ1) is 18.2. The predicted octanol–water partition coefficient (Wildman–Crippen LogP) is 4.33. The summed E-state index contributed by atoms with van der Waals surface area (Å²) in [6.07, 6.45) is 11.9. The molecule has 7 nitrogen and oxygen atoms in total. The second-order valence-corrected chi connectivity index (χ2v) is 7.89. The fourth-order valence-electron chi connectivity index (χ4n) is 4.58. The molecule has 4 rings (SSSR count). The van der Waals surface area contributed by atoms with Crippen molar-refractivity contribution in [1.82, 2.24) is 10.3 Å². The number of hydrogen-bond acceptors (Lipinski definition) is 6. The van der Waals surface area contributed by atoms with Gasteiger partial charge in [0.2, 0.25) is 0 Å². The smallest absolute Gasteiger partial charge is 0.337 e. The minimum absolute atomic E-state index is 0.211. The molecule has 1 unspecified atom stereocenters. The summed E-state index contributed by atoms with van der Waals surface area (Å²) < 4.78 is 0. The van der Waals surface area contributed by atoms with Crippen molar-refractivity contribution in [2.75, 3.05) is 5.01 Å². The molecular weight excluding hydrogens is 342 g/mol. The molecule has 7 heteroatoms. The molecule has 2 fully saturated rings. The molecule has 0 radical (unpaired) electrons. The van der Waals surface area contributed by atoms with E-state index in [0.29, 0.717) is 17.8 Å². The zero-order valence-electron chi connectivity index (χ0n) is 15.8. The molecule has 1 aromatic rings. The number of benzene rings is 1. The number of nitrogens with one attached hydrogen (secondary N) is 1. The summed E-state index contributed by atoms with van der Waals surface area (Å²) in [6, 6.07) is 7.86. The Morgan fingerprint density at radius 2 is 1.63 bits per heavy atom. The van der Waals surface area contributed by atoms with Crippen LogP contribution in [0.5, 0.6) is 0 Å². The van der Waals surface area contributed by atoms with Crippen molar-refractivity contribution in [3.05, 3.63) is 29.8 Å². The van der Waals surface area contributed by atoms with E-state index in [1.165, 1.54) is 38.5 Å². The fraction of sp³-hybridized carbons (Fsp3) is 0.650. The number of rotatable bonds is 5. The molecule has 0 saturated heterocycles. The highest BCUT2D eigenvalue weighted by Crippen LogP contribution is 2.33. The van der Waals surface area contributed by atoms with Gasteiger partial charge in [0.15, 0.2) is 6.29 Å². The summed E-state index contributed by atoms with van der Waals surface area (Å²) in [5, 5.41) is 26.1. The van der Waals surface area contributed by atoms with E-state index in [-0.39, 0.29) is 11.9 Å². The van der Waals surface area contributed by atoms with Crippen LogP contribution >= 0.6 is 0 Å². The third-order valence-electron chi connectivity index (χ3n) is 6.04. The van der Waals surface area contributed by atoms with E-state index in [4.69, 9.17) is 0 Å². The van der Waals surface area contributed by atoms with E-state index >= 15 is 0 Å². The number of aromatic carboxylic acids is 1. The Bertz CT molecular complexity index is 683. The predicted molar refractivity (Wildman–Crippen MR) is 103 cm³/mol. The number of anilines is 1. The van der Waals surface area contributed by atoms with Crippen LogP contribution in [0, 0.1) is 0 Å². The molecule has 2 saturated carbocycles. The van der Waals surface area contributed by atoms with Crippen LogP contribution in [-0.2, 0) is 0 Å². The van der Waals surface area contributed by atoms with Crippen molar-refractivity contribution >= 4 is 11.7 Å². The maximum Gasteiger partial charge on any atom is 0.337 e. The Labute approximate surface area is 160 Å². The van der Waals surface area contributed by atoms with Gasteiger partial charge in [-0.15, -0.1) is 0 Å². The standard InChI is InChI=1S/C20H29N5O2/c26-19(27)17-13-7-8-14-18(17)25-20(21-15-9-3-1-4-10-15)24(22-23-25)16-11-5-2-6-12-16/h7-8,13-16,20-21H,1-6,9-12H2,(H,26,27). The van der Waals surface area contributed by atoms with Gasteiger partial charge in [-0.2, -0.15) is 0 Å². The Morgan fingerprint density at radius 1 is 0.963 bits per heavy atom. The Kier molecular flexibility index (Phi) is 5.57. The first-order valence-corrected chi connectivity index (χ1v) is 10.3. The van der Waals surface area contributed by atoms with Gasteiger partial charge < -0.3 is 5.11 Å². The average molecular weight is 371 g/mol. The van der Waals surface area contributed by atoms with Gasteiger partial charge in [0, 0.05) is 6.04 Å². The zero-order valence-corrected chi connectivity index (χ0v) is 15.8. The van der Waals surface area contributed by atoms with Crippen molar-refractivity contribution in [3.63, 3.8) is 0 Å². The summed E-state index contributed by atoms with van der Waals surface area (Å²) >= 11 is 0. The molecule has 146 valence electrons.